The Balaban J connectivity index is 1.68. The molecule has 3 rings (SSSR count). The molecular weight excluding hydrogens is 322 g/mol. The van der Waals surface area contributed by atoms with Crippen LogP contribution in [0.4, 0.5) is 0 Å². The molecule has 5 heteroatoms. The lowest BCUT2D eigenvalue weighted by atomic mass is 10.0. The second-order valence-corrected chi connectivity index (χ2v) is 6.22. The predicted octanol–water partition coefficient (Wildman–Crippen LogP) is 2.74. The molecule has 108 valence electrons. The maximum absolute atomic E-state index is 12.5. The van der Waals surface area contributed by atoms with Crippen LogP contribution in [0.1, 0.15) is 28.8 Å². The van der Waals surface area contributed by atoms with E-state index < -0.39 is 5.79 Å². The number of rotatable bonds is 1. The van der Waals surface area contributed by atoms with E-state index in [0.29, 0.717) is 26.3 Å². The van der Waals surface area contributed by atoms with Crippen LogP contribution in [0.2, 0.25) is 0 Å². The van der Waals surface area contributed by atoms with Crippen molar-refractivity contribution in [3.05, 3.63) is 33.8 Å². The Morgan fingerprint density at radius 3 is 2.50 bits per heavy atom. The molecule has 2 heterocycles. The first-order valence-electron chi connectivity index (χ1n) is 6.93. The van der Waals surface area contributed by atoms with Gasteiger partial charge in [-0.2, -0.15) is 0 Å². The Bertz CT molecular complexity index is 516. The first kappa shape index (κ1) is 14.0. The van der Waals surface area contributed by atoms with Crippen LogP contribution in [-0.2, 0) is 9.47 Å². The lowest BCUT2D eigenvalue weighted by molar-refractivity contribution is -0.181. The van der Waals surface area contributed by atoms with Gasteiger partial charge in [0.2, 0.25) is 0 Å². The molecule has 0 bridgehead atoms. The molecule has 0 atom stereocenters. The van der Waals surface area contributed by atoms with Crippen LogP contribution in [0.15, 0.2) is 22.7 Å². The van der Waals surface area contributed by atoms with Gasteiger partial charge < -0.3 is 14.4 Å². The molecule has 2 aliphatic heterocycles. The molecule has 20 heavy (non-hydrogen) atoms. The minimum absolute atomic E-state index is 0.0912. The van der Waals surface area contributed by atoms with E-state index in [2.05, 4.69) is 15.9 Å². The van der Waals surface area contributed by atoms with Crippen molar-refractivity contribution in [3.8, 4) is 0 Å². The Labute approximate surface area is 127 Å². The van der Waals surface area contributed by atoms with Crippen LogP contribution in [-0.4, -0.2) is 42.9 Å². The highest BCUT2D eigenvalue weighted by atomic mass is 79.9. The molecular formula is C15H18BrNO3. The Morgan fingerprint density at radius 2 is 1.90 bits per heavy atom. The quantitative estimate of drug-likeness (QED) is 0.789. The van der Waals surface area contributed by atoms with E-state index in [1.807, 2.05) is 30.0 Å². The van der Waals surface area contributed by atoms with E-state index in [1.54, 1.807) is 0 Å². The molecule has 1 amide bonds. The molecule has 1 aromatic carbocycles. The second-order valence-electron chi connectivity index (χ2n) is 5.36. The number of nitrogens with zero attached hydrogens (tertiary/aromatic N) is 1. The Kier molecular flexibility index (Phi) is 3.84. The monoisotopic (exact) mass is 339 g/mol. The highest BCUT2D eigenvalue weighted by Gasteiger charge is 2.40. The SMILES string of the molecule is Cc1cc(C(=O)N2CCC3(CC2)OCCO3)ccc1Br. The molecule has 2 saturated heterocycles. The lowest BCUT2D eigenvalue weighted by Crippen LogP contribution is -2.47. The van der Waals surface area contributed by atoms with E-state index in [4.69, 9.17) is 9.47 Å². The Hall–Kier alpha value is -0.910. The number of aryl methyl sites for hydroxylation is 1. The highest BCUT2D eigenvalue weighted by Crippen LogP contribution is 2.31. The molecule has 0 saturated carbocycles. The average Bonchev–Trinajstić information content (AvgIpc) is 2.90. The van der Waals surface area contributed by atoms with Gasteiger partial charge in [-0.25, -0.2) is 0 Å². The number of hydrogen-bond acceptors (Lipinski definition) is 3. The van der Waals surface area contributed by atoms with Gasteiger partial charge in [0.15, 0.2) is 5.79 Å². The van der Waals surface area contributed by atoms with Gasteiger partial charge in [-0.3, -0.25) is 4.79 Å². The number of benzene rings is 1. The summed E-state index contributed by atoms with van der Waals surface area (Å²) in [5.74, 6) is -0.333. The smallest absolute Gasteiger partial charge is 0.253 e. The summed E-state index contributed by atoms with van der Waals surface area (Å²) in [5, 5.41) is 0. The number of likely N-dealkylation sites (tertiary alicyclic amines) is 1. The molecule has 0 aliphatic carbocycles. The summed E-state index contributed by atoms with van der Waals surface area (Å²) >= 11 is 3.46. The number of halogens is 1. The molecule has 1 aromatic rings. The minimum Gasteiger partial charge on any atom is -0.347 e. The summed E-state index contributed by atoms with van der Waals surface area (Å²) in [5.41, 5.74) is 1.82. The van der Waals surface area contributed by atoms with Gasteiger partial charge in [0.1, 0.15) is 0 Å². The van der Waals surface area contributed by atoms with Crippen molar-refractivity contribution in [1.29, 1.82) is 0 Å². The van der Waals surface area contributed by atoms with Crippen molar-refractivity contribution >= 4 is 21.8 Å². The van der Waals surface area contributed by atoms with Crippen molar-refractivity contribution in [3.63, 3.8) is 0 Å². The van der Waals surface area contributed by atoms with Crippen molar-refractivity contribution < 1.29 is 14.3 Å². The fraction of sp³-hybridized carbons (Fsp3) is 0.533. The number of carbonyl (C=O) groups excluding carboxylic acids is 1. The fourth-order valence-corrected chi connectivity index (χ4v) is 3.04. The van der Waals surface area contributed by atoms with Gasteiger partial charge in [0, 0.05) is 36.0 Å². The van der Waals surface area contributed by atoms with Crippen LogP contribution in [0, 0.1) is 6.92 Å². The molecule has 1 spiro atoms. The topological polar surface area (TPSA) is 38.8 Å². The summed E-state index contributed by atoms with van der Waals surface area (Å²) in [6, 6.07) is 5.73. The molecule has 2 aliphatic rings. The molecule has 4 nitrogen and oxygen atoms in total. The largest absolute Gasteiger partial charge is 0.347 e. The van der Waals surface area contributed by atoms with Crippen LogP contribution in [0.5, 0.6) is 0 Å². The third-order valence-corrected chi connectivity index (χ3v) is 4.92. The first-order chi connectivity index (χ1) is 9.60. The normalized spacial score (nSPS) is 21.4. The summed E-state index contributed by atoms with van der Waals surface area (Å²) in [4.78, 5) is 14.4. The van der Waals surface area contributed by atoms with Gasteiger partial charge in [0.25, 0.3) is 5.91 Å². The number of piperidine rings is 1. The standard InChI is InChI=1S/C15H18BrNO3/c1-11-10-12(2-3-13(11)16)14(18)17-6-4-15(5-7-17)19-8-9-20-15/h2-3,10H,4-9H2,1H3. The van der Waals surface area contributed by atoms with Crippen molar-refractivity contribution in [2.45, 2.75) is 25.6 Å². The number of ether oxygens (including phenoxy) is 2. The van der Waals surface area contributed by atoms with Crippen LogP contribution in [0.3, 0.4) is 0 Å². The summed E-state index contributed by atoms with van der Waals surface area (Å²) in [6.07, 6.45) is 1.52. The molecule has 0 radical (unpaired) electrons. The third kappa shape index (κ3) is 2.62. The van der Waals surface area contributed by atoms with Crippen LogP contribution >= 0.6 is 15.9 Å². The van der Waals surface area contributed by atoms with Gasteiger partial charge in [-0.1, -0.05) is 15.9 Å². The van der Waals surface area contributed by atoms with Gasteiger partial charge in [-0.05, 0) is 30.7 Å². The van der Waals surface area contributed by atoms with Crippen LogP contribution in [0.25, 0.3) is 0 Å². The van der Waals surface area contributed by atoms with Gasteiger partial charge in [0.05, 0.1) is 13.2 Å². The van der Waals surface area contributed by atoms with Crippen molar-refractivity contribution in [2.75, 3.05) is 26.3 Å². The molecule has 0 N–H and O–H groups in total. The van der Waals surface area contributed by atoms with Gasteiger partial charge >= 0.3 is 0 Å². The fourth-order valence-electron chi connectivity index (χ4n) is 2.80. The zero-order chi connectivity index (χ0) is 14.2. The number of amides is 1. The van der Waals surface area contributed by atoms with E-state index in [1.165, 1.54) is 0 Å². The average molecular weight is 340 g/mol. The number of carbonyl (C=O) groups is 1. The van der Waals surface area contributed by atoms with E-state index in [-0.39, 0.29) is 5.91 Å². The molecule has 0 unspecified atom stereocenters. The molecule has 2 fully saturated rings. The van der Waals surface area contributed by atoms with Crippen LogP contribution < -0.4 is 0 Å². The third-order valence-electron chi connectivity index (χ3n) is 4.03. The van der Waals surface area contributed by atoms with Gasteiger partial charge in [-0.15, -0.1) is 0 Å². The minimum atomic E-state index is -0.424. The van der Waals surface area contributed by atoms with E-state index >= 15 is 0 Å². The maximum Gasteiger partial charge on any atom is 0.253 e. The first-order valence-corrected chi connectivity index (χ1v) is 7.72. The summed E-state index contributed by atoms with van der Waals surface area (Å²) in [7, 11) is 0. The maximum atomic E-state index is 12.5. The van der Waals surface area contributed by atoms with E-state index in [0.717, 1.165) is 28.4 Å². The second kappa shape index (κ2) is 5.47. The zero-order valence-electron chi connectivity index (χ0n) is 11.5. The number of hydrogen-bond donors (Lipinski definition) is 0. The highest BCUT2D eigenvalue weighted by molar-refractivity contribution is 9.10. The van der Waals surface area contributed by atoms with Crippen molar-refractivity contribution in [1.82, 2.24) is 4.90 Å². The summed E-state index contributed by atoms with van der Waals surface area (Å²) in [6.45, 7) is 4.70. The zero-order valence-corrected chi connectivity index (χ0v) is 13.1. The van der Waals surface area contributed by atoms with E-state index in [9.17, 15) is 4.79 Å². The Morgan fingerprint density at radius 1 is 1.25 bits per heavy atom. The predicted molar refractivity (Wildman–Crippen MR) is 78.7 cm³/mol. The lowest BCUT2D eigenvalue weighted by Gasteiger charge is -2.37. The van der Waals surface area contributed by atoms with Crippen molar-refractivity contribution in [2.24, 2.45) is 0 Å². The molecule has 0 aromatic heterocycles. The summed E-state index contributed by atoms with van der Waals surface area (Å²) < 4.78 is 12.4.